The molecule has 242 valence electrons. The van der Waals surface area contributed by atoms with Crippen molar-refractivity contribution in [2.45, 2.75) is 6.54 Å². The van der Waals surface area contributed by atoms with Crippen molar-refractivity contribution in [2.75, 3.05) is 76.5 Å². The number of fused-ring (bicyclic) bond motifs is 1. The molecule has 3 aromatic carbocycles. The van der Waals surface area contributed by atoms with Gasteiger partial charge in [0.15, 0.2) is 23.0 Å². The van der Waals surface area contributed by atoms with Crippen LogP contribution in [0.5, 0.6) is 23.0 Å². The molecule has 14 nitrogen and oxygen atoms in total. The molecule has 5 rings (SSSR count). The van der Waals surface area contributed by atoms with Crippen molar-refractivity contribution in [3.05, 3.63) is 77.9 Å². The fourth-order valence-electron chi connectivity index (χ4n) is 4.42. The van der Waals surface area contributed by atoms with Crippen LogP contribution in [0.25, 0.3) is 0 Å². The number of methoxy groups -OCH3 is 2. The van der Waals surface area contributed by atoms with Crippen molar-refractivity contribution in [2.24, 2.45) is 0 Å². The molecule has 0 atom stereocenters. The summed E-state index contributed by atoms with van der Waals surface area (Å²) in [6.45, 7) is 3.05. The summed E-state index contributed by atoms with van der Waals surface area (Å²) in [5.74, 6) is 3.47. The number of aromatic nitrogens is 3. The van der Waals surface area contributed by atoms with Crippen molar-refractivity contribution < 1.29 is 33.2 Å². The maximum atomic E-state index is 12.1. The van der Waals surface area contributed by atoms with Crippen LogP contribution in [-0.2, 0) is 16.0 Å². The third kappa shape index (κ3) is 9.09. The predicted molar refractivity (Wildman–Crippen MR) is 171 cm³/mol. The summed E-state index contributed by atoms with van der Waals surface area (Å²) in [6.07, 6.45) is 0. The number of carbonyl (C=O) groups excluding carboxylic acids is 1. The van der Waals surface area contributed by atoms with E-state index in [0.29, 0.717) is 98.2 Å². The molecule has 0 fully saturated rings. The van der Waals surface area contributed by atoms with Crippen LogP contribution in [-0.4, -0.2) is 81.4 Å². The van der Waals surface area contributed by atoms with Gasteiger partial charge < -0.3 is 49.7 Å². The maximum absolute atomic E-state index is 12.1. The Hall–Kier alpha value is -5.34. The fourth-order valence-corrected chi connectivity index (χ4v) is 4.42. The number of nitrogens with zero attached hydrogens (tertiary/aromatic N) is 3. The number of amides is 1. The normalized spacial score (nSPS) is 11.5. The van der Waals surface area contributed by atoms with E-state index in [0.717, 1.165) is 5.56 Å². The summed E-state index contributed by atoms with van der Waals surface area (Å²) in [5.41, 5.74) is 2.23. The zero-order valence-corrected chi connectivity index (χ0v) is 25.7. The molecule has 0 spiro atoms. The Kier molecular flexibility index (Phi) is 11.6. The summed E-state index contributed by atoms with van der Waals surface area (Å²) < 4.78 is 33.1. The van der Waals surface area contributed by atoms with Crippen LogP contribution in [0, 0.1) is 0 Å². The number of anilines is 4. The molecule has 4 N–H and O–H groups in total. The van der Waals surface area contributed by atoms with E-state index < -0.39 is 0 Å². The van der Waals surface area contributed by atoms with Gasteiger partial charge in [0.25, 0.3) is 5.91 Å². The van der Waals surface area contributed by atoms with Crippen LogP contribution in [0.3, 0.4) is 0 Å². The molecule has 0 saturated heterocycles. The van der Waals surface area contributed by atoms with Gasteiger partial charge in [-0.1, -0.05) is 30.3 Å². The molecule has 0 radical (unpaired) electrons. The Balaban J connectivity index is 1.11. The molecule has 4 aromatic rings. The van der Waals surface area contributed by atoms with Crippen LogP contribution < -0.4 is 40.2 Å². The van der Waals surface area contributed by atoms with Crippen LogP contribution >= 0.6 is 0 Å². The molecule has 0 bridgehead atoms. The average molecular weight is 632 g/mol. The predicted octanol–water partition coefficient (Wildman–Crippen LogP) is 3.85. The molecule has 1 amide bonds. The largest absolute Gasteiger partial charge is 0.493 e. The minimum Gasteiger partial charge on any atom is -0.493 e. The molecule has 46 heavy (non-hydrogen) atoms. The van der Waals surface area contributed by atoms with E-state index >= 15 is 0 Å². The van der Waals surface area contributed by atoms with Gasteiger partial charge in [-0.25, -0.2) is 0 Å². The van der Waals surface area contributed by atoms with E-state index in [1.807, 2.05) is 42.5 Å². The third-order valence-electron chi connectivity index (χ3n) is 6.66. The quantitative estimate of drug-likeness (QED) is 0.117. The van der Waals surface area contributed by atoms with Gasteiger partial charge in [-0.15, -0.1) is 0 Å². The molecule has 0 aliphatic carbocycles. The second kappa shape index (κ2) is 16.7. The molecule has 2 heterocycles. The van der Waals surface area contributed by atoms with Gasteiger partial charge in [0.1, 0.15) is 0 Å². The van der Waals surface area contributed by atoms with Crippen molar-refractivity contribution in [1.82, 2.24) is 20.3 Å². The Labute approximate surface area is 266 Å². The minimum atomic E-state index is -0.127. The first-order chi connectivity index (χ1) is 22.6. The highest BCUT2D eigenvalue weighted by molar-refractivity contribution is 5.94. The molecular formula is C32H37N7O7. The van der Waals surface area contributed by atoms with E-state index in [9.17, 15) is 4.79 Å². The van der Waals surface area contributed by atoms with Crippen LogP contribution in [0.1, 0.15) is 15.9 Å². The number of carbonyl (C=O) groups is 1. The van der Waals surface area contributed by atoms with Gasteiger partial charge in [0.2, 0.25) is 24.6 Å². The summed E-state index contributed by atoms with van der Waals surface area (Å²) in [5, 5.41) is 12.5. The van der Waals surface area contributed by atoms with Crippen molar-refractivity contribution >= 4 is 29.4 Å². The molecule has 0 unspecified atom stereocenters. The van der Waals surface area contributed by atoms with E-state index in [1.54, 1.807) is 38.5 Å². The van der Waals surface area contributed by atoms with Gasteiger partial charge in [-0.05, 0) is 30.3 Å². The number of nitrogens with one attached hydrogen (secondary N) is 4. The lowest BCUT2D eigenvalue weighted by molar-refractivity contribution is 0.0519. The smallest absolute Gasteiger partial charge is 0.251 e. The van der Waals surface area contributed by atoms with E-state index in [2.05, 4.69) is 36.2 Å². The summed E-state index contributed by atoms with van der Waals surface area (Å²) >= 11 is 0. The van der Waals surface area contributed by atoms with E-state index in [-0.39, 0.29) is 12.7 Å². The summed E-state index contributed by atoms with van der Waals surface area (Å²) in [4.78, 5) is 25.7. The van der Waals surface area contributed by atoms with E-state index in [4.69, 9.17) is 28.4 Å². The Morgan fingerprint density at radius 3 is 2.28 bits per heavy atom. The average Bonchev–Trinajstić information content (AvgIpc) is 3.58. The number of benzene rings is 3. The zero-order chi connectivity index (χ0) is 32.0. The second-order valence-electron chi connectivity index (χ2n) is 9.78. The van der Waals surface area contributed by atoms with Gasteiger partial charge in [0.05, 0.1) is 40.6 Å². The van der Waals surface area contributed by atoms with Crippen LogP contribution in [0.2, 0.25) is 0 Å². The highest BCUT2D eigenvalue weighted by Crippen LogP contribution is 2.35. The van der Waals surface area contributed by atoms with Crippen LogP contribution in [0.4, 0.5) is 23.5 Å². The molecule has 1 aliphatic rings. The topological polar surface area (TPSA) is 159 Å². The number of rotatable bonds is 18. The van der Waals surface area contributed by atoms with Gasteiger partial charge >= 0.3 is 0 Å². The van der Waals surface area contributed by atoms with Gasteiger partial charge in [0, 0.05) is 42.5 Å². The molecule has 1 aromatic heterocycles. The fraction of sp³-hybridized carbons (Fsp3) is 0.312. The number of para-hydroxylation sites is 1. The Morgan fingerprint density at radius 1 is 0.761 bits per heavy atom. The van der Waals surface area contributed by atoms with Gasteiger partial charge in [-0.3, -0.25) is 4.79 Å². The monoisotopic (exact) mass is 631 g/mol. The van der Waals surface area contributed by atoms with E-state index in [1.165, 1.54) is 0 Å². The number of ether oxygens (including phenoxy) is 6. The first-order valence-electron chi connectivity index (χ1n) is 14.7. The lowest BCUT2D eigenvalue weighted by atomic mass is 10.2. The molecule has 14 heteroatoms. The molecule has 1 aliphatic heterocycles. The Morgan fingerprint density at radius 2 is 1.50 bits per heavy atom. The standard InChI is InChI=1S/C32H37N7O7/c1-41-25-12-11-24(19-27(25)42-2)36-32-38-30(37-31(39-32)35-20-23-9-6-10-26-28(23)46-21-45-26)34-14-16-44-18-17-43-15-13-33-29(40)22-7-4-3-5-8-22/h3-12,19H,13-18,20-21H2,1-2H3,(H,33,40)(H3,34,35,36,37,38,39). The molecule has 0 saturated carbocycles. The SMILES string of the molecule is COc1ccc(Nc2nc(NCCOCCOCCNC(=O)c3ccccc3)nc(NCc3cccc4c3OCO4)n2)cc1OC. The second-order valence-corrected chi connectivity index (χ2v) is 9.78. The first kappa shape index (κ1) is 32.1. The summed E-state index contributed by atoms with van der Waals surface area (Å²) in [7, 11) is 3.16. The zero-order valence-electron chi connectivity index (χ0n) is 25.7. The van der Waals surface area contributed by atoms with Crippen molar-refractivity contribution in [3.8, 4) is 23.0 Å². The highest BCUT2D eigenvalue weighted by Gasteiger charge is 2.17. The van der Waals surface area contributed by atoms with Gasteiger partial charge in [-0.2, -0.15) is 15.0 Å². The first-order valence-corrected chi connectivity index (χ1v) is 14.7. The lowest BCUT2D eigenvalue weighted by Gasteiger charge is -2.13. The number of hydrogen-bond acceptors (Lipinski definition) is 13. The minimum absolute atomic E-state index is 0.127. The third-order valence-corrected chi connectivity index (χ3v) is 6.66. The van der Waals surface area contributed by atoms with Crippen molar-refractivity contribution in [1.29, 1.82) is 0 Å². The molecular weight excluding hydrogens is 594 g/mol. The van der Waals surface area contributed by atoms with Crippen LogP contribution in [0.15, 0.2) is 66.7 Å². The Bertz CT molecular complexity index is 1580. The lowest BCUT2D eigenvalue weighted by Crippen LogP contribution is -2.27. The van der Waals surface area contributed by atoms with Crippen molar-refractivity contribution in [3.63, 3.8) is 0 Å². The number of hydrogen-bond donors (Lipinski definition) is 4. The summed E-state index contributed by atoms with van der Waals surface area (Å²) in [6, 6.07) is 20.2. The maximum Gasteiger partial charge on any atom is 0.251 e. The highest BCUT2D eigenvalue weighted by atomic mass is 16.7.